The summed E-state index contributed by atoms with van der Waals surface area (Å²) in [7, 11) is 0. The number of hydrogen-bond donors (Lipinski definition) is 0. The first-order chi connectivity index (χ1) is 10.5. The van der Waals surface area contributed by atoms with E-state index in [-0.39, 0.29) is 18.1 Å². The second kappa shape index (κ2) is 6.38. The maximum absolute atomic E-state index is 12.9. The lowest BCUT2D eigenvalue weighted by molar-refractivity contribution is 0.0472. The molecule has 0 spiro atoms. The van der Waals surface area contributed by atoms with Crippen molar-refractivity contribution >= 4 is 33.4 Å². The molecule has 2 atom stereocenters. The van der Waals surface area contributed by atoms with Crippen molar-refractivity contribution in [2.24, 2.45) is 0 Å². The van der Waals surface area contributed by atoms with Crippen molar-refractivity contribution in [3.8, 4) is 5.75 Å². The van der Waals surface area contributed by atoms with E-state index in [4.69, 9.17) is 21.1 Å². The molecule has 3 rings (SSSR count). The number of carbonyl (C=O) groups excluding carboxylic acids is 1. The van der Waals surface area contributed by atoms with Crippen LogP contribution in [0.3, 0.4) is 0 Å². The highest BCUT2D eigenvalue weighted by Crippen LogP contribution is 2.39. The summed E-state index contributed by atoms with van der Waals surface area (Å²) in [4.78, 5) is 14.7. The lowest BCUT2D eigenvalue weighted by atomic mass is 10.1. The maximum atomic E-state index is 12.9. The smallest absolute Gasteiger partial charge is 0.257 e. The highest BCUT2D eigenvalue weighted by Gasteiger charge is 2.32. The van der Waals surface area contributed by atoms with Crippen molar-refractivity contribution in [2.75, 3.05) is 19.7 Å². The Bertz CT molecular complexity index is 602. The predicted octanol–water partition coefficient (Wildman–Crippen LogP) is 3.81. The van der Waals surface area contributed by atoms with Crippen LogP contribution in [0.25, 0.3) is 0 Å². The molecule has 1 aromatic carbocycles. The quantitative estimate of drug-likeness (QED) is 0.773. The van der Waals surface area contributed by atoms with E-state index in [2.05, 4.69) is 15.9 Å². The first kappa shape index (κ1) is 16.1. The molecule has 0 aliphatic carbocycles. The van der Waals surface area contributed by atoms with Gasteiger partial charge >= 0.3 is 0 Å². The molecule has 0 radical (unpaired) electrons. The molecule has 0 saturated carbocycles. The van der Waals surface area contributed by atoms with Gasteiger partial charge in [0.15, 0.2) is 5.75 Å². The summed E-state index contributed by atoms with van der Waals surface area (Å²) in [6, 6.07) is 1.80. The van der Waals surface area contributed by atoms with Gasteiger partial charge in [0.1, 0.15) is 6.10 Å². The Morgan fingerprint density at radius 1 is 1.50 bits per heavy atom. The molecule has 1 saturated heterocycles. The van der Waals surface area contributed by atoms with Gasteiger partial charge in [0, 0.05) is 17.6 Å². The molecule has 6 heteroatoms. The van der Waals surface area contributed by atoms with Crippen LogP contribution >= 0.6 is 27.5 Å². The average molecular weight is 389 g/mol. The van der Waals surface area contributed by atoms with E-state index in [1.54, 1.807) is 6.07 Å². The molecule has 4 nitrogen and oxygen atoms in total. The van der Waals surface area contributed by atoms with Gasteiger partial charge in [-0.2, -0.15) is 0 Å². The van der Waals surface area contributed by atoms with Crippen LogP contribution < -0.4 is 4.74 Å². The highest BCUT2D eigenvalue weighted by molar-refractivity contribution is 9.10. The molecule has 1 unspecified atom stereocenters. The third-order valence-electron chi connectivity index (χ3n) is 4.16. The van der Waals surface area contributed by atoms with Crippen LogP contribution in [0.5, 0.6) is 5.75 Å². The van der Waals surface area contributed by atoms with Crippen LogP contribution in [-0.4, -0.2) is 42.7 Å². The summed E-state index contributed by atoms with van der Waals surface area (Å²) in [6.45, 7) is 5.79. The summed E-state index contributed by atoms with van der Waals surface area (Å²) in [5.74, 6) is 0.451. The van der Waals surface area contributed by atoms with Gasteiger partial charge < -0.3 is 14.4 Å². The first-order valence-electron chi connectivity index (χ1n) is 7.53. The van der Waals surface area contributed by atoms with Crippen LogP contribution in [0.2, 0.25) is 5.02 Å². The standard InChI is InChI=1S/C16H19BrClNO3/c1-9-7-19(8-11-4-3-5-21-11)16(20)12-6-13(17)10(2)14(18)15(12)22-9/h6,9,11H,3-5,7-8H2,1-2H3/t9-,11?/m1/s1. The van der Waals surface area contributed by atoms with Gasteiger partial charge in [0.25, 0.3) is 5.91 Å². The minimum absolute atomic E-state index is 0.0440. The molecule has 0 bridgehead atoms. The number of fused-ring (bicyclic) bond motifs is 1. The number of ether oxygens (including phenoxy) is 2. The van der Waals surface area contributed by atoms with Crippen LogP contribution in [0.4, 0.5) is 0 Å². The zero-order valence-corrected chi connectivity index (χ0v) is 15.0. The van der Waals surface area contributed by atoms with Gasteiger partial charge in [-0.3, -0.25) is 4.79 Å². The van der Waals surface area contributed by atoms with E-state index < -0.39 is 0 Å². The van der Waals surface area contributed by atoms with Crippen molar-refractivity contribution in [1.29, 1.82) is 0 Å². The van der Waals surface area contributed by atoms with E-state index in [0.29, 0.717) is 29.4 Å². The van der Waals surface area contributed by atoms with Crippen molar-refractivity contribution in [2.45, 2.75) is 38.9 Å². The molecule has 0 N–H and O–H groups in total. The van der Waals surface area contributed by atoms with E-state index in [1.807, 2.05) is 18.7 Å². The number of carbonyl (C=O) groups is 1. The third kappa shape index (κ3) is 2.99. The second-order valence-corrected chi connectivity index (χ2v) is 7.18. The lowest BCUT2D eigenvalue weighted by Gasteiger charge is -2.25. The van der Waals surface area contributed by atoms with E-state index in [1.165, 1.54) is 0 Å². The minimum Gasteiger partial charge on any atom is -0.486 e. The van der Waals surface area contributed by atoms with Gasteiger partial charge in [0.2, 0.25) is 0 Å². The number of hydrogen-bond acceptors (Lipinski definition) is 3. The lowest BCUT2D eigenvalue weighted by Crippen LogP contribution is -2.40. The second-order valence-electron chi connectivity index (χ2n) is 5.95. The fraction of sp³-hybridized carbons (Fsp3) is 0.562. The van der Waals surface area contributed by atoms with Crippen molar-refractivity contribution in [3.63, 3.8) is 0 Å². The Morgan fingerprint density at radius 3 is 2.95 bits per heavy atom. The summed E-state index contributed by atoms with van der Waals surface area (Å²) in [6.07, 6.45) is 2.09. The first-order valence-corrected chi connectivity index (χ1v) is 8.70. The minimum atomic E-state index is -0.107. The van der Waals surface area contributed by atoms with Crippen LogP contribution in [0.15, 0.2) is 10.5 Å². The van der Waals surface area contributed by atoms with E-state index >= 15 is 0 Å². The van der Waals surface area contributed by atoms with Gasteiger partial charge in [0.05, 0.1) is 23.2 Å². The van der Waals surface area contributed by atoms with Crippen molar-refractivity contribution in [3.05, 3.63) is 26.7 Å². The zero-order valence-electron chi connectivity index (χ0n) is 12.7. The van der Waals surface area contributed by atoms with Gasteiger partial charge in [-0.1, -0.05) is 27.5 Å². The molecule has 2 heterocycles. The summed E-state index contributed by atoms with van der Waals surface area (Å²) in [5, 5.41) is 0.503. The summed E-state index contributed by atoms with van der Waals surface area (Å²) >= 11 is 9.85. The predicted molar refractivity (Wildman–Crippen MR) is 88.9 cm³/mol. The Morgan fingerprint density at radius 2 is 2.27 bits per heavy atom. The largest absolute Gasteiger partial charge is 0.486 e. The van der Waals surface area contributed by atoms with Crippen molar-refractivity contribution < 1.29 is 14.3 Å². The average Bonchev–Trinajstić information content (AvgIpc) is 2.95. The summed E-state index contributed by atoms with van der Waals surface area (Å²) < 4.78 is 12.4. The third-order valence-corrected chi connectivity index (χ3v) is 5.44. The molecule has 120 valence electrons. The Hall–Kier alpha value is -0.780. The van der Waals surface area contributed by atoms with E-state index in [9.17, 15) is 4.79 Å². The molecule has 22 heavy (non-hydrogen) atoms. The van der Waals surface area contributed by atoms with Crippen LogP contribution in [0.1, 0.15) is 35.7 Å². The monoisotopic (exact) mass is 387 g/mol. The molecule has 2 aliphatic rings. The molecule has 1 fully saturated rings. The normalized spacial score (nSPS) is 24.9. The number of amides is 1. The molecule has 2 aliphatic heterocycles. The van der Waals surface area contributed by atoms with E-state index in [0.717, 1.165) is 29.5 Å². The Labute approximate surface area is 143 Å². The highest BCUT2D eigenvalue weighted by atomic mass is 79.9. The molecule has 0 aromatic heterocycles. The van der Waals surface area contributed by atoms with Gasteiger partial charge in [-0.25, -0.2) is 0 Å². The number of benzene rings is 1. The molecular formula is C16H19BrClNO3. The number of rotatable bonds is 2. The number of halogens is 2. The fourth-order valence-corrected chi connectivity index (χ4v) is 3.75. The SMILES string of the molecule is Cc1c(Br)cc2c(c1Cl)O[C@H](C)CN(CC1CCCO1)C2=O. The fourth-order valence-electron chi connectivity index (χ4n) is 2.96. The van der Waals surface area contributed by atoms with Gasteiger partial charge in [-0.15, -0.1) is 0 Å². The Balaban J connectivity index is 1.95. The molecule has 1 amide bonds. The number of nitrogens with zero attached hydrogens (tertiary/aromatic N) is 1. The van der Waals surface area contributed by atoms with Gasteiger partial charge in [-0.05, 0) is 38.3 Å². The topological polar surface area (TPSA) is 38.8 Å². The zero-order chi connectivity index (χ0) is 15.9. The van der Waals surface area contributed by atoms with Crippen LogP contribution in [-0.2, 0) is 4.74 Å². The Kier molecular flexibility index (Phi) is 4.67. The van der Waals surface area contributed by atoms with Crippen molar-refractivity contribution in [1.82, 2.24) is 4.90 Å². The summed E-state index contributed by atoms with van der Waals surface area (Å²) in [5.41, 5.74) is 1.40. The molecular weight excluding hydrogens is 370 g/mol. The maximum Gasteiger partial charge on any atom is 0.257 e. The molecule has 1 aromatic rings. The van der Waals surface area contributed by atoms with Crippen LogP contribution in [0, 0.1) is 6.92 Å².